The zero-order valence-corrected chi connectivity index (χ0v) is 12.9. The topological polar surface area (TPSA) is 34.0 Å². The molecule has 0 spiro atoms. The van der Waals surface area contributed by atoms with Gasteiger partial charge in [-0.25, -0.2) is 9.97 Å². The Balaban J connectivity index is 1.53. The molecule has 1 aliphatic carbocycles. The number of piperidine rings is 1. The van der Waals surface area contributed by atoms with Gasteiger partial charge in [-0.3, -0.25) is 0 Å². The number of imidazole rings is 1. The van der Waals surface area contributed by atoms with Crippen LogP contribution in [0.2, 0.25) is 5.02 Å². The molecule has 2 atom stereocenters. The quantitative estimate of drug-likeness (QED) is 0.870. The molecule has 1 saturated carbocycles. The largest absolute Gasteiger partial charge is 0.356 e. The van der Waals surface area contributed by atoms with Gasteiger partial charge in [0.25, 0.3) is 0 Å². The lowest BCUT2D eigenvalue weighted by Gasteiger charge is -2.20. The molecule has 2 fully saturated rings. The van der Waals surface area contributed by atoms with E-state index in [1.807, 2.05) is 24.7 Å². The van der Waals surface area contributed by atoms with Crippen LogP contribution in [0.1, 0.15) is 24.7 Å². The Labute approximate surface area is 129 Å². The summed E-state index contributed by atoms with van der Waals surface area (Å²) in [5, 5.41) is 0.802. The first kappa shape index (κ1) is 13.1. The van der Waals surface area contributed by atoms with Gasteiger partial charge in [-0.2, -0.15) is 0 Å². The third-order valence-electron chi connectivity index (χ3n) is 4.68. The minimum Gasteiger partial charge on any atom is -0.356 e. The maximum absolute atomic E-state index is 6.47. The molecule has 5 heteroatoms. The molecule has 2 aliphatic rings. The standard InChI is InChI=1S/C16H19ClN4/c1-2-15-18-3-4-20(15)10-13-7-19-16(6-14(13)17)21-8-11-5-12(11)9-21/h3-4,6-7,11-12H,2,5,8-10H2,1H3. The molecule has 2 unspecified atom stereocenters. The second kappa shape index (κ2) is 5.02. The summed E-state index contributed by atoms with van der Waals surface area (Å²) in [7, 11) is 0. The highest BCUT2D eigenvalue weighted by molar-refractivity contribution is 6.31. The van der Waals surface area contributed by atoms with Crippen LogP contribution in [0.15, 0.2) is 24.7 Å². The Bertz CT molecular complexity index is 656. The summed E-state index contributed by atoms with van der Waals surface area (Å²) < 4.78 is 2.13. The van der Waals surface area contributed by atoms with Crippen molar-refractivity contribution in [1.82, 2.24) is 14.5 Å². The minimum absolute atomic E-state index is 0.737. The van der Waals surface area contributed by atoms with Crippen molar-refractivity contribution in [1.29, 1.82) is 0 Å². The highest BCUT2D eigenvalue weighted by Gasteiger charge is 2.45. The van der Waals surface area contributed by atoms with E-state index in [2.05, 4.69) is 26.4 Å². The first-order chi connectivity index (χ1) is 10.2. The number of hydrogen-bond acceptors (Lipinski definition) is 3. The summed E-state index contributed by atoms with van der Waals surface area (Å²) in [5.74, 6) is 3.92. The molecule has 110 valence electrons. The van der Waals surface area contributed by atoms with Gasteiger partial charge in [0.05, 0.1) is 11.6 Å². The average molecular weight is 303 g/mol. The molecule has 4 nitrogen and oxygen atoms in total. The Kier molecular flexibility index (Phi) is 3.14. The van der Waals surface area contributed by atoms with Crippen LogP contribution in [0, 0.1) is 11.8 Å². The fraction of sp³-hybridized carbons (Fsp3) is 0.500. The monoisotopic (exact) mass is 302 g/mol. The third-order valence-corrected chi connectivity index (χ3v) is 5.03. The van der Waals surface area contributed by atoms with Crippen molar-refractivity contribution in [3.63, 3.8) is 0 Å². The van der Waals surface area contributed by atoms with Crippen LogP contribution in [0.5, 0.6) is 0 Å². The van der Waals surface area contributed by atoms with Gasteiger partial charge in [0.2, 0.25) is 0 Å². The molecule has 1 aliphatic heterocycles. The number of aromatic nitrogens is 3. The Morgan fingerprint density at radius 1 is 1.29 bits per heavy atom. The predicted octanol–water partition coefficient (Wildman–Crippen LogP) is 3.00. The van der Waals surface area contributed by atoms with E-state index in [0.29, 0.717) is 0 Å². The van der Waals surface area contributed by atoms with E-state index in [0.717, 1.165) is 60.1 Å². The van der Waals surface area contributed by atoms with Gasteiger partial charge in [-0.05, 0) is 24.3 Å². The van der Waals surface area contributed by atoms with Crippen molar-refractivity contribution in [2.24, 2.45) is 11.8 Å². The Hall–Kier alpha value is -1.55. The van der Waals surface area contributed by atoms with Gasteiger partial charge in [-0.15, -0.1) is 0 Å². The van der Waals surface area contributed by atoms with Gasteiger partial charge in [0.15, 0.2) is 0 Å². The van der Waals surface area contributed by atoms with Crippen LogP contribution in [-0.2, 0) is 13.0 Å². The number of anilines is 1. The first-order valence-corrected chi connectivity index (χ1v) is 8.01. The maximum Gasteiger partial charge on any atom is 0.129 e. The maximum atomic E-state index is 6.47. The second-order valence-electron chi connectivity index (χ2n) is 6.12. The molecule has 4 rings (SSSR count). The summed E-state index contributed by atoms with van der Waals surface area (Å²) >= 11 is 6.47. The molecule has 3 heterocycles. The van der Waals surface area contributed by atoms with Crippen LogP contribution in [0.3, 0.4) is 0 Å². The van der Waals surface area contributed by atoms with Crippen LogP contribution >= 0.6 is 11.6 Å². The zero-order valence-electron chi connectivity index (χ0n) is 12.2. The highest BCUT2D eigenvalue weighted by Crippen LogP contribution is 2.46. The summed E-state index contributed by atoms with van der Waals surface area (Å²) in [6.07, 6.45) is 8.08. The smallest absolute Gasteiger partial charge is 0.129 e. The van der Waals surface area contributed by atoms with Crippen molar-refractivity contribution < 1.29 is 0 Å². The molecule has 21 heavy (non-hydrogen) atoms. The van der Waals surface area contributed by atoms with Crippen molar-refractivity contribution in [3.05, 3.63) is 41.1 Å². The van der Waals surface area contributed by atoms with Crippen molar-refractivity contribution >= 4 is 17.4 Å². The number of nitrogens with zero attached hydrogens (tertiary/aromatic N) is 4. The lowest BCUT2D eigenvalue weighted by atomic mass is 10.2. The summed E-state index contributed by atoms with van der Waals surface area (Å²) in [5.41, 5.74) is 1.05. The number of halogens is 1. The van der Waals surface area contributed by atoms with E-state index < -0.39 is 0 Å². The number of fused-ring (bicyclic) bond motifs is 1. The normalized spacial score (nSPS) is 23.4. The van der Waals surface area contributed by atoms with Gasteiger partial charge < -0.3 is 9.47 Å². The van der Waals surface area contributed by atoms with E-state index in [-0.39, 0.29) is 0 Å². The van der Waals surface area contributed by atoms with Crippen LogP contribution < -0.4 is 4.90 Å². The number of pyridine rings is 1. The van der Waals surface area contributed by atoms with Crippen molar-refractivity contribution in [3.8, 4) is 0 Å². The average Bonchev–Trinajstić information content (AvgIpc) is 2.90. The second-order valence-corrected chi connectivity index (χ2v) is 6.53. The van der Waals surface area contributed by atoms with Gasteiger partial charge in [0, 0.05) is 43.7 Å². The van der Waals surface area contributed by atoms with E-state index in [4.69, 9.17) is 11.6 Å². The van der Waals surface area contributed by atoms with E-state index >= 15 is 0 Å². The Morgan fingerprint density at radius 3 is 2.81 bits per heavy atom. The Morgan fingerprint density at radius 2 is 2.10 bits per heavy atom. The summed E-state index contributed by atoms with van der Waals surface area (Å²) in [6, 6.07) is 2.02. The molecular formula is C16H19ClN4. The van der Waals surface area contributed by atoms with Gasteiger partial charge in [-0.1, -0.05) is 18.5 Å². The predicted molar refractivity (Wildman–Crippen MR) is 83.8 cm³/mol. The first-order valence-electron chi connectivity index (χ1n) is 7.64. The van der Waals surface area contributed by atoms with Crippen LogP contribution in [-0.4, -0.2) is 27.6 Å². The van der Waals surface area contributed by atoms with E-state index in [9.17, 15) is 0 Å². The zero-order chi connectivity index (χ0) is 14.4. The summed E-state index contributed by atoms with van der Waals surface area (Å²) in [6.45, 7) is 5.14. The molecular weight excluding hydrogens is 284 g/mol. The van der Waals surface area contributed by atoms with Crippen molar-refractivity contribution in [2.45, 2.75) is 26.3 Å². The molecule has 0 aromatic carbocycles. The number of rotatable bonds is 4. The molecule has 1 saturated heterocycles. The fourth-order valence-electron chi connectivity index (χ4n) is 3.31. The minimum atomic E-state index is 0.737. The molecule has 0 amide bonds. The van der Waals surface area contributed by atoms with Gasteiger partial charge in [0.1, 0.15) is 11.6 Å². The van der Waals surface area contributed by atoms with E-state index in [1.165, 1.54) is 6.42 Å². The highest BCUT2D eigenvalue weighted by atomic mass is 35.5. The number of hydrogen-bond donors (Lipinski definition) is 0. The summed E-state index contributed by atoms with van der Waals surface area (Å²) in [4.78, 5) is 11.3. The molecule has 0 N–H and O–H groups in total. The van der Waals surface area contributed by atoms with E-state index in [1.54, 1.807) is 0 Å². The third kappa shape index (κ3) is 2.42. The SMILES string of the molecule is CCc1nccn1Cc1cnc(N2CC3CC3C2)cc1Cl. The van der Waals surface area contributed by atoms with Gasteiger partial charge >= 0.3 is 0 Å². The molecule has 0 bridgehead atoms. The lowest BCUT2D eigenvalue weighted by molar-refractivity contribution is 0.728. The molecule has 2 aromatic rings. The van der Waals surface area contributed by atoms with Crippen LogP contribution in [0.25, 0.3) is 0 Å². The lowest BCUT2D eigenvalue weighted by Crippen LogP contribution is -2.22. The fourth-order valence-corrected chi connectivity index (χ4v) is 3.51. The van der Waals surface area contributed by atoms with Crippen molar-refractivity contribution in [2.75, 3.05) is 18.0 Å². The number of aryl methyl sites for hydroxylation is 1. The molecule has 2 aromatic heterocycles. The van der Waals surface area contributed by atoms with Crippen LogP contribution in [0.4, 0.5) is 5.82 Å². The molecule has 0 radical (unpaired) electrons.